The average Bonchev–Trinajstić information content (AvgIpc) is 3.01. The van der Waals surface area contributed by atoms with Gasteiger partial charge in [0.15, 0.2) is 5.82 Å². The smallest absolute Gasteiger partial charge is 0.341 e. The highest BCUT2D eigenvalue weighted by molar-refractivity contribution is 5.91. The fourth-order valence-corrected chi connectivity index (χ4v) is 4.19. The van der Waals surface area contributed by atoms with Crippen LogP contribution < -0.4 is 9.47 Å². The maximum absolute atomic E-state index is 12.5. The van der Waals surface area contributed by atoms with Gasteiger partial charge in [0, 0.05) is 30.6 Å². The second-order valence-corrected chi connectivity index (χ2v) is 9.92. The standard InChI is InChI=1S/C35H34N2O5/c1-6-7-8-25-20-36-33(37-21-25)32-19-30(42-35(39)24(4)22-40-5)17-18-31(32)28-11-9-26(10-12-28)27-13-15-29(16-14-27)41-34(38)23(2)3/h9-21H,2,4,6-8,22H2,1,3,5H3. The number of aryl methyl sites for hydroxylation is 1. The van der Waals surface area contributed by atoms with Crippen LogP contribution in [0.3, 0.4) is 0 Å². The van der Waals surface area contributed by atoms with Gasteiger partial charge in [-0.3, -0.25) is 0 Å². The molecule has 3 aromatic carbocycles. The van der Waals surface area contributed by atoms with Crippen LogP contribution in [0, 0.1) is 0 Å². The Labute approximate surface area is 246 Å². The number of unbranched alkanes of at least 4 members (excludes halogenated alkanes) is 1. The van der Waals surface area contributed by atoms with Crippen LogP contribution in [0.2, 0.25) is 0 Å². The van der Waals surface area contributed by atoms with Crippen molar-refractivity contribution in [3.63, 3.8) is 0 Å². The summed E-state index contributed by atoms with van der Waals surface area (Å²) in [4.78, 5) is 33.6. The van der Waals surface area contributed by atoms with E-state index in [2.05, 4.69) is 30.0 Å². The molecule has 0 saturated heterocycles. The molecule has 7 heteroatoms. The maximum atomic E-state index is 12.5. The zero-order valence-electron chi connectivity index (χ0n) is 24.2. The average molecular weight is 563 g/mol. The minimum atomic E-state index is -0.559. The molecular formula is C35H34N2O5. The lowest BCUT2D eigenvalue weighted by molar-refractivity contribution is -0.131. The minimum absolute atomic E-state index is 0.0842. The lowest BCUT2D eigenvalue weighted by atomic mass is 9.96. The van der Waals surface area contributed by atoms with Gasteiger partial charge in [0.05, 0.1) is 12.2 Å². The molecule has 0 spiro atoms. The Morgan fingerprint density at radius 1 is 0.762 bits per heavy atom. The summed E-state index contributed by atoms with van der Waals surface area (Å²) in [5.41, 5.74) is 6.17. The number of benzene rings is 3. The van der Waals surface area contributed by atoms with Gasteiger partial charge in [-0.25, -0.2) is 19.6 Å². The fraction of sp³-hybridized carbons (Fsp3) is 0.200. The zero-order chi connectivity index (χ0) is 30.1. The second kappa shape index (κ2) is 14.1. The van der Waals surface area contributed by atoms with Crippen molar-refractivity contribution in [1.29, 1.82) is 0 Å². The van der Waals surface area contributed by atoms with E-state index in [0.717, 1.165) is 52.6 Å². The number of methoxy groups -OCH3 is 1. The van der Waals surface area contributed by atoms with E-state index in [-0.39, 0.29) is 12.2 Å². The predicted molar refractivity (Wildman–Crippen MR) is 164 cm³/mol. The van der Waals surface area contributed by atoms with Crippen molar-refractivity contribution < 1.29 is 23.8 Å². The SMILES string of the molecule is C=C(C)C(=O)Oc1ccc(-c2ccc(-c3ccc(OC(=O)C(=C)COC)cc3-c3ncc(CCCC)cn3)cc2)cc1. The number of ether oxygens (including phenoxy) is 3. The summed E-state index contributed by atoms with van der Waals surface area (Å²) in [6.45, 7) is 11.2. The van der Waals surface area contributed by atoms with Crippen molar-refractivity contribution in [2.24, 2.45) is 0 Å². The van der Waals surface area contributed by atoms with Crippen LogP contribution in [0.25, 0.3) is 33.6 Å². The van der Waals surface area contributed by atoms with Crippen LogP contribution in [-0.4, -0.2) is 35.6 Å². The second-order valence-electron chi connectivity index (χ2n) is 9.92. The molecule has 0 saturated carbocycles. The molecule has 0 radical (unpaired) electrons. The topological polar surface area (TPSA) is 87.6 Å². The lowest BCUT2D eigenvalue weighted by Gasteiger charge is -2.13. The Morgan fingerprint density at radius 3 is 1.93 bits per heavy atom. The van der Waals surface area contributed by atoms with Gasteiger partial charge in [-0.1, -0.05) is 62.9 Å². The van der Waals surface area contributed by atoms with Gasteiger partial charge in [0.25, 0.3) is 0 Å². The lowest BCUT2D eigenvalue weighted by Crippen LogP contribution is -2.14. The van der Waals surface area contributed by atoms with Crippen LogP contribution in [0.4, 0.5) is 0 Å². The van der Waals surface area contributed by atoms with Crippen LogP contribution in [0.15, 0.2) is 103 Å². The number of rotatable bonds is 12. The van der Waals surface area contributed by atoms with Crippen LogP contribution in [0.1, 0.15) is 32.3 Å². The van der Waals surface area contributed by atoms with E-state index in [1.807, 2.05) is 54.9 Å². The van der Waals surface area contributed by atoms with Gasteiger partial charge in [0.2, 0.25) is 0 Å². The van der Waals surface area contributed by atoms with E-state index >= 15 is 0 Å². The molecule has 0 bridgehead atoms. The van der Waals surface area contributed by atoms with Crippen molar-refractivity contribution in [1.82, 2.24) is 9.97 Å². The number of hydrogen-bond donors (Lipinski definition) is 0. The number of hydrogen-bond acceptors (Lipinski definition) is 7. The Kier molecular flexibility index (Phi) is 10.1. The van der Waals surface area contributed by atoms with E-state index in [0.29, 0.717) is 22.9 Å². The first-order chi connectivity index (χ1) is 20.3. The first-order valence-corrected chi connectivity index (χ1v) is 13.7. The number of nitrogens with zero attached hydrogens (tertiary/aromatic N) is 2. The predicted octanol–water partition coefficient (Wildman–Crippen LogP) is 7.41. The molecule has 0 aliphatic carbocycles. The summed E-state index contributed by atoms with van der Waals surface area (Å²) >= 11 is 0. The van der Waals surface area contributed by atoms with Crippen molar-refractivity contribution in [3.8, 4) is 45.1 Å². The maximum Gasteiger partial charge on any atom is 0.341 e. The monoisotopic (exact) mass is 562 g/mol. The quantitative estimate of drug-likeness (QED) is 0.101. The summed E-state index contributed by atoms with van der Waals surface area (Å²) in [6.07, 6.45) is 6.78. The zero-order valence-corrected chi connectivity index (χ0v) is 24.2. The minimum Gasteiger partial charge on any atom is -0.423 e. The molecule has 1 heterocycles. The molecule has 0 N–H and O–H groups in total. The highest BCUT2D eigenvalue weighted by Gasteiger charge is 2.16. The third-order valence-electron chi connectivity index (χ3n) is 6.52. The van der Waals surface area contributed by atoms with Gasteiger partial charge in [-0.2, -0.15) is 0 Å². The summed E-state index contributed by atoms with van der Waals surface area (Å²) in [5.74, 6) is 0.334. The molecule has 0 aliphatic rings. The molecule has 7 nitrogen and oxygen atoms in total. The van der Waals surface area contributed by atoms with E-state index in [1.54, 1.807) is 31.2 Å². The van der Waals surface area contributed by atoms with Crippen molar-refractivity contribution >= 4 is 11.9 Å². The Balaban J connectivity index is 1.63. The van der Waals surface area contributed by atoms with Gasteiger partial charge in [0.1, 0.15) is 11.5 Å². The molecular weight excluding hydrogens is 528 g/mol. The molecule has 0 amide bonds. The van der Waals surface area contributed by atoms with Gasteiger partial charge in [-0.05, 0) is 77.9 Å². The number of aromatic nitrogens is 2. The third-order valence-corrected chi connectivity index (χ3v) is 6.52. The fourth-order valence-electron chi connectivity index (χ4n) is 4.19. The Hall–Kier alpha value is -4.88. The summed E-state index contributed by atoms with van der Waals surface area (Å²) in [5, 5.41) is 0. The first-order valence-electron chi connectivity index (χ1n) is 13.7. The molecule has 4 rings (SSSR count). The normalized spacial score (nSPS) is 10.6. The highest BCUT2D eigenvalue weighted by Crippen LogP contribution is 2.35. The highest BCUT2D eigenvalue weighted by atomic mass is 16.5. The van der Waals surface area contributed by atoms with Crippen molar-refractivity contribution in [3.05, 3.63) is 109 Å². The first kappa shape index (κ1) is 30.1. The van der Waals surface area contributed by atoms with Crippen molar-refractivity contribution in [2.75, 3.05) is 13.7 Å². The molecule has 0 aliphatic heterocycles. The molecule has 1 aromatic heterocycles. The number of esters is 2. The Bertz CT molecular complexity index is 1570. The summed E-state index contributed by atoms with van der Waals surface area (Å²) in [6, 6.07) is 20.8. The van der Waals surface area contributed by atoms with E-state index < -0.39 is 11.9 Å². The molecule has 42 heavy (non-hydrogen) atoms. The summed E-state index contributed by atoms with van der Waals surface area (Å²) < 4.78 is 15.9. The van der Waals surface area contributed by atoms with Crippen molar-refractivity contribution in [2.45, 2.75) is 33.1 Å². The van der Waals surface area contributed by atoms with Crippen LogP contribution in [0.5, 0.6) is 11.5 Å². The number of carbonyl (C=O) groups is 2. The van der Waals surface area contributed by atoms with Gasteiger partial charge in [-0.15, -0.1) is 0 Å². The largest absolute Gasteiger partial charge is 0.423 e. The number of carbonyl (C=O) groups excluding carboxylic acids is 2. The molecule has 0 fully saturated rings. The molecule has 4 aromatic rings. The van der Waals surface area contributed by atoms with Gasteiger partial charge >= 0.3 is 11.9 Å². The van der Waals surface area contributed by atoms with E-state index in [1.165, 1.54) is 7.11 Å². The Morgan fingerprint density at radius 2 is 1.33 bits per heavy atom. The van der Waals surface area contributed by atoms with Gasteiger partial charge < -0.3 is 14.2 Å². The van der Waals surface area contributed by atoms with E-state index in [4.69, 9.17) is 14.2 Å². The van der Waals surface area contributed by atoms with Crippen LogP contribution in [-0.2, 0) is 20.7 Å². The summed E-state index contributed by atoms with van der Waals surface area (Å²) in [7, 11) is 1.49. The molecule has 0 unspecified atom stereocenters. The van der Waals surface area contributed by atoms with E-state index in [9.17, 15) is 9.59 Å². The molecule has 0 atom stereocenters. The van der Waals surface area contributed by atoms with Crippen LogP contribution >= 0.6 is 0 Å². The molecule has 214 valence electrons. The third kappa shape index (κ3) is 7.65.